The molecule has 1 aromatic carbocycles. The summed E-state index contributed by atoms with van der Waals surface area (Å²) >= 11 is 0. The molecule has 1 atom stereocenters. The van der Waals surface area contributed by atoms with E-state index in [1.54, 1.807) is 6.92 Å². The van der Waals surface area contributed by atoms with Crippen molar-refractivity contribution < 1.29 is 9.53 Å². The van der Waals surface area contributed by atoms with Crippen molar-refractivity contribution in [2.45, 2.75) is 26.8 Å². The van der Waals surface area contributed by atoms with Gasteiger partial charge in [0.05, 0.1) is 6.04 Å². The standard InChI is InChI=1S/C18H25N5O4/c1-4-23(5-2)12-7-6-8-13(9-12)27-10-11(3)20-17(25)15-14(19)16(24)22-18(26)21-15/h6-9,11H,4-5,10,19H2,1-3H3,(H,20,25)(H2,21,22,24,26). The van der Waals surface area contributed by atoms with Gasteiger partial charge in [0, 0.05) is 24.8 Å². The first kappa shape index (κ1) is 20.1. The molecular weight excluding hydrogens is 350 g/mol. The van der Waals surface area contributed by atoms with Gasteiger partial charge < -0.3 is 25.7 Å². The van der Waals surface area contributed by atoms with Gasteiger partial charge in [0.1, 0.15) is 23.7 Å². The molecule has 1 amide bonds. The number of benzene rings is 1. The number of hydrogen-bond acceptors (Lipinski definition) is 6. The van der Waals surface area contributed by atoms with Crippen LogP contribution in [0.4, 0.5) is 11.4 Å². The minimum Gasteiger partial charge on any atom is -0.491 e. The molecule has 9 heteroatoms. The molecule has 27 heavy (non-hydrogen) atoms. The van der Waals surface area contributed by atoms with Crippen LogP contribution in [-0.4, -0.2) is 41.6 Å². The van der Waals surface area contributed by atoms with Crippen LogP contribution in [0.25, 0.3) is 0 Å². The first-order valence-corrected chi connectivity index (χ1v) is 8.76. The lowest BCUT2D eigenvalue weighted by Crippen LogP contribution is -2.40. The Kier molecular flexibility index (Phi) is 6.64. The Morgan fingerprint density at radius 1 is 1.26 bits per heavy atom. The molecule has 9 nitrogen and oxygen atoms in total. The van der Waals surface area contributed by atoms with Crippen LogP contribution >= 0.6 is 0 Å². The maximum Gasteiger partial charge on any atom is 0.326 e. The maximum atomic E-state index is 12.2. The monoisotopic (exact) mass is 375 g/mol. The molecule has 0 saturated heterocycles. The second-order valence-corrected chi connectivity index (χ2v) is 6.05. The molecule has 1 aromatic heterocycles. The van der Waals surface area contributed by atoms with E-state index in [-0.39, 0.29) is 24.0 Å². The number of nitrogens with two attached hydrogens (primary N) is 1. The molecule has 0 saturated carbocycles. The van der Waals surface area contributed by atoms with E-state index >= 15 is 0 Å². The van der Waals surface area contributed by atoms with Gasteiger partial charge in [-0.3, -0.25) is 14.6 Å². The molecule has 0 bridgehead atoms. The Morgan fingerprint density at radius 2 is 1.96 bits per heavy atom. The van der Waals surface area contributed by atoms with Crippen LogP contribution < -0.4 is 31.9 Å². The lowest BCUT2D eigenvalue weighted by Gasteiger charge is -2.22. The van der Waals surface area contributed by atoms with Gasteiger partial charge in [0.2, 0.25) is 0 Å². The zero-order valence-corrected chi connectivity index (χ0v) is 15.7. The number of nitrogen functional groups attached to an aromatic ring is 1. The third-order valence-corrected chi connectivity index (χ3v) is 4.03. The van der Waals surface area contributed by atoms with Gasteiger partial charge in [-0.15, -0.1) is 0 Å². The van der Waals surface area contributed by atoms with Gasteiger partial charge in [0.15, 0.2) is 0 Å². The van der Waals surface area contributed by atoms with E-state index in [1.807, 2.05) is 29.2 Å². The van der Waals surface area contributed by atoms with E-state index < -0.39 is 17.2 Å². The Bertz CT molecular complexity index is 901. The van der Waals surface area contributed by atoms with E-state index in [9.17, 15) is 14.4 Å². The lowest BCUT2D eigenvalue weighted by atomic mass is 10.2. The second-order valence-electron chi connectivity index (χ2n) is 6.05. The van der Waals surface area contributed by atoms with Crippen molar-refractivity contribution in [2.75, 3.05) is 30.3 Å². The van der Waals surface area contributed by atoms with Crippen LogP contribution in [0.15, 0.2) is 33.9 Å². The van der Waals surface area contributed by atoms with Crippen molar-refractivity contribution in [2.24, 2.45) is 0 Å². The lowest BCUT2D eigenvalue weighted by molar-refractivity contribution is 0.0922. The number of carbonyl (C=O) groups excluding carboxylic acids is 1. The van der Waals surface area contributed by atoms with E-state index in [0.717, 1.165) is 18.8 Å². The summed E-state index contributed by atoms with van der Waals surface area (Å²) in [6, 6.07) is 7.32. The number of aromatic nitrogens is 2. The number of rotatable bonds is 8. The van der Waals surface area contributed by atoms with Crippen LogP contribution in [0.2, 0.25) is 0 Å². The number of aromatic amines is 2. The summed E-state index contributed by atoms with van der Waals surface area (Å²) in [5, 5.41) is 2.64. The second kappa shape index (κ2) is 8.93. The van der Waals surface area contributed by atoms with Crippen LogP contribution in [0.5, 0.6) is 5.75 Å². The number of ether oxygens (including phenoxy) is 1. The predicted octanol–water partition coefficient (Wildman–Crippen LogP) is 0.689. The van der Waals surface area contributed by atoms with Gasteiger partial charge in [-0.05, 0) is 32.9 Å². The number of anilines is 2. The van der Waals surface area contributed by atoms with Crippen molar-refractivity contribution in [3.05, 3.63) is 50.8 Å². The van der Waals surface area contributed by atoms with Gasteiger partial charge in [-0.2, -0.15) is 0 Å². The van der Waals surface area contributed by atoms with Crippen molar-refractivity contribution in [1.82, 2.24) is 15.3 Å². The summed E-state index contributed by atoms with van der Waals surface area (Å²) in [5.74, 6) is 0.0354. The smallest absolute Gasteiger partial charge is 0.326 e. The fourth-order valence-corrected chi connectivity index (χ4v) is 2.59. The molecule has 0 aliphatic rings. The Balaban J connectivity index is 2.00. The summed E-state index contributed by atoms with van der Waals surface area (Å²) in [6.07, 6.45) is 0. The molecule has 2 aromatic rings. The summed E-state index contributed by atoms with van der Waals surface area (Å²) in [5.41, 5.74) is 4.41. The molecule has 0 fully saturated rings. The number of carbonyl (C=O) groups is 1. The van der Waals surface area contributed by atoms with Gasteiger partial charge >= 0.3 is 5.69 Å². The molecule has 0 aliphatic heterocycles. The van der Waals surface area contributed by atoms with Crippen molar-refractivity contribution >= 4 is 17.3 Å². The van der Waals surface area contributed by atoms with Crippen LogP contribution in [0.3, 0.4) is 0 Å². The van der Waals surface area contributed by atoms with Crippen molar-refractivity contribution in [3.63, 3.8) is 0 Å². The zero-order chi connectivity index (χ0) is 20.0. The third kappa shape index (κ3) is 5.13. The van der Waals surface area contributed by atoms with E-state index in [4.69, 9.17) is 10.5 Å². The topological polar surface area (TPSA) is 133 Å². The van der Waals surface area contributed by atoms with Crippen molar-refractivity contribution in [1.29, 1.82) is 0 Å². The normalized spacial score (nSPS) is 11.7. The largest absolute Gasteiger partial charge is 0.491 e. The van der Waals surface area contributed by atoms with E-state index in [0.29, 0.717) is 5.75 Å². The van der Waals surface area contributed by atoms with Gasteiger partial charge in [0.25, 0.3) is 11.5 Å². The van der Waals surface area contributed by atoms with Crippen LogP contribution in [0.1, 0.15) is 31.3 Å². The highest BCUT2D eigenvalue weighted by molar-refractivity contribution is 5.96. The summed E-state index contributed by atoms with van der Waals surface area (Å²) < 4.78 is 5.75. The minimum atomic E-state index is -0.805. The number of H-pyrrole nitrogens is 2. The fourth-order valence-electron chi connectivity index (χ4n) is 2.59. The molecule has 1 unspecified atom stereocenters. The highest BCUT2D eigenvalue weighted by Gasteiger charge is 2.16. The molecule has 0 spiro atoms. The minimum absolute atomic E-state index is 0.209. The van der Waals surface area contributed by atoms with Gasteiger partial charge in [-0.1, -0.05) is 6.07 Å². The molecule has 5 N–H and O–H groups in total. The molecule has 0 aliphatic carbocycles. The molecule has 146 valence electrons. The van der Waals surface area contributed by atoms with E-state index in [1.165, 1.54) is 0 Å². The van der Waals surface area contributed by atoms with Crippen LogP contribution in [-0.2, 0) is 0 Å². The van der Waals surface area contributed by atoms with E-state index in [2.05, 4.69) is 29.0 Å². The predicted molar refractivity (Wildman–Crippen MR) is 105 cm³/mol. The fraction of sp³-hybridized carbons (Fsp3) is 0.389. The average molecular weight is 375 g/mol. The van der Waals surface area contributed by atoms with Gasteiger partial charge in [-0.25, -0.2) is 4.79 Å². The number of amides is 1. The Hall–Kier alpha value is -3.23. The highest BCUT2D eigenvalue weighted by Crippen LogP contribution is 2.21. The highest BCUT2D eigenvalue weighted by atomic mass is 16.5. The number of hydrogen-bond donors (Lipinski definition) is 4. The quantitative estimate of drug-likeness (QED) is 0.536. The first-order chi connectivity index (χ1) is 12.8. The molecular formula is C18H25N5O4. The maximum absolute atomic E-state index is 12.2. The summed E-state index contributed by atoms with van der Waals surface area (Å²) in [7, 11) is 0. The molecule has 2 rings (SSSR count). The number of nitrogens with one attached hydrogen (secondary N) is 3. The Labute approximate surface area is 156 Å². The average Bonchev–Trinajstić information content (AvgIpc) is 2.64. The third-order valence-electron chi connectivity index (χ3n) is 4.03. The molecule has 1 heterocycles. The Morgan fingerprint density at radius 3 is 2.63 bits per heavy atom. The van der Waals surface area contributed by atoms with Crippen molar-refractivity contribution in [3.8, 4) is 5.75 Å². The number of nitrogens with zero attached hydrogens (tertiary/aromatic N) is 1. The summed E-state index contributed by atoms with van der Waals surface area (Å²) in [4.78, 5) is 41.4. The SMILES string of the molecule is CCN(CC)c1cccc(OCC(C)NC(=O)c2[nH]c(=O)[nH]c(=O)c2N)c1. The zero-order valence-electron chi connectivity index (χ0n) is 15.7. The van der Waals surface area contributed by atoms with Crippen LogP contribution in [0, 0.1) is 0 Å². The molecule has 0 radical (unpaired) electrons. The first-order valence-electron chi connectivity index (χ1n) is 8.76. The summed E-state index contributed by atoms with van der Waals surface area (Å²) in [6.45, 7) is 7.90.